The van der Waals surface area contributed by atoms with E-state index >= 15 is 0 Å². The molecule has 0 fully saturated rings. The molecule has 0 radical (unpaired) electrons. The van der Waals surface area contributed by atoms with E-state index in [0.717, 1.165) is 0 Å². The molecule has 0 saturated heterocycles. The second-order valence-electron chi connectivity index (χ2n) is 2.63. The number of hydrogen-bond donors (Lipinski definition) is 1. The normalized spacial score (nSPS) is 9.64. The fourth-order valence-corrected chi connectivity index (χ4v) is 1.16. The highest BCUT2D eigenvalue weighted by atomic mass is 16.5. The molecule has 0 aliphatic rings. The minimum absolute atomic E-state index is 0.00468. The van der Waals surface area contributed by atoms with Crippen LogP contribution in [0.3, 0.4) is 0 Å². The first-order valence-electron chi connectivity index (χ1n) is 3.92. The van der Waals surface area contributed by atoms with Gasteiger partial charge in [0.1, 0.15) is 5.56 Å². The topological polar surface area (TPSA) is 68.7 Å². The lowest BCUT2D eigenvalue weighted by Crippen LogP contribution is -2.05. The van der Waals surface area contributed by atoms with Crippen LogP contribution in [0.25, 0.3) is 0 Å². The Bertz CT molecular complexity index is 362. The quantitative estimate of drug-likeness (QED) is 0.785. The third kappa shape index (κ3) is 1.61. The number of rotatable bonds is 3. The summed E-state index contributed by atoms with van der Waals surface area (Å²) in [6.45, 7) is 1.72. The van der Waals surface area contributed by atoms with E-state index < -0.39 is 5.97 Å². The van der Waals surface area contributed by atoms with Gasteiger partial charge in [0.25, 0.3) is 0 Å². The van der Waals surface area contributed by atoms with Crippen LogP contribution in [-0.2, 0) is 0 Å². The summed E-state index contributed by atoms with van der Waals surface area (Å²) in [7, 11) is 2.84. The Hall–Kier alpha value is -1.78. The second kappa shape index (κ2) is 3.95. The van der Waals surface area contributed by atoms with Crippen molar-refractivity contribution >= 4 is 5.97 Å². The lowest BCUT2D eigenvalue weighted by Gasteiger charge is -2.11. The molecule has 1 heterocycles. The first kappa shape index (κ1) is 10.3. The van der Waals surface area contributed by atoms with Gasteiger partial charge in [-0.3, -0.25) is 4.98 Å². The average Bonchev–Trinajstić information content (AvgIpc) is 2.16. The van der Waals surface area contributed by atoms with Crippen molar-refractivity contribution in [1.29, 1.82) is 0 Å². The van der Waals surface area contributed by atoms with Gasteiger partial charge in [0.2, 0.25) is 0 Å². The van der Waals surface area contributed by atoms with Gasteiger partial charge in [0.15, 0.2) is 11.5 Å². The molecular weight excluding hydrogens is 186 g/mol. The van der Waals surface area contributed by atoms with Crippen molar-refractivity contribution in [2.45, 2.75) is 6.92 Å². The molecular formula is C9H11NO4. The minimum atomic E-state index is -1.09. The van der Waals surface area contributed by atoms with E-state index in [0.29, 0.717) is 11.4 Å². The number of hydrogen-bond acceptors (Lipinski definition) is 4. The Kier molecular flexibility index (Phi) is 2.91. The lowest BCUT2D eigenvalue weighted by atomic mass is 10.2. The van der Waals surface area contributed by atoms with Crippen molar-refractivity contribution in [1.82, 2.24) is 4.98 Å². The monoisotopic (exact) mass is 197 g/mol. The fourth-order valence-electron chi connectivity index (χ4n) is 1.16. The van der Waals surface area contributed by atoms with Crippen molar-refractivity contribution in [3.05, 3.63) is 17.5 Å². The van der Waals surface area contributed by atoms with Crippen LogP contribution in [0.5, 0.6) is 11.5 Å². The summed E-state index contributed by atoms with van der Waals surface area (Å²) in [5.41, 5.74) is 0.587. The van der Waals surface area contributed by atoms with Gasteiger partial charge in [0, 0.05) is 6.20 Å². The SMILES string of the molecule is COc1c(C(=O)O)cnc(C)c1OC. The summed E-state index contributed by atoms with van der Waals surface area (Å²) in [4.78, 5) is 14.7. The smallest absolute Gasteiger partial charge is 0.341 e. The first-order valence-corrected chi connectivity index (χ1v) is 3.92. The molecule has 0 aliphatic heterocycles. The molecule has 0 unspecified atom stereocenters. The number of carboxylic acid groups (broad SMARTS) is 1. The second-order valence-corrected chi connectivity index (χ2v) is 2.63. The highest BCUT2D eigenvalue weighted by Crippen LogP contribution is 2.32. The number of pyridine rings is 1. The molecule has 1 aromatic heterocycles. The molecule has 5 heteroatoms. The summed E-state index contributed by atoms with van der Waals surface area (Å²) in [6, 6.07) is 0. The molecule has 0 aliphatic carbocycles. The molecule has 0 atom stereocenters. The number of carboxylic acids is 1. The first-order chi connectivity index (χ1) is 6.61. The predicted molar refractivity (Wildman–Crippen MR) is 49.0 cm³/mol. The zero-order chi connectivity index (χ0) is 10.7. The van der Waals surface area contributed by atoms with E-state index in [1.165, 1.54) is 20.4 Å². The molecule has 1 N–H and O–H groups in total. The highest BCUT2D eigenvalue weighted by Gasteiger charge is 2.18. The minimum Gasteiger partial charge on any atom is -0.492 e. The molecule has 0 amide bonds. The van der Waals surface area contributed by atoms with Crippen LogP contribution in [0.1, 0.15) is 16.1 Å². The third-order valence-corrected chi connectivity index (χ3v) is 1.81. The molecule has 5 nitrogen and oxygen atoms in total. The van der Waals surface area contributed by atoms with Crippen molar-refractivity contribution < 1.29 is 19.4 Å². The summed E-state index contributed by atoms with van der Waals surface area (Å²) in [5.74, 6) is -0.535. The Labute approximate surface area is 81.3 Å². The third-order valence-electron chi connectivity index (χ3n) is 1.81. The largest absolute Gasteiger partial charge is 0.492 e. The van der Waals surface area contributed by atoms with E-state index in [-0.39, 0.29) is 11.3 Å². The van der Waals surface area contributed by atoms with Crippen LogP contribution >= 0.6 is 0 Å². The van der Waals surface area contributed by atoms with E-state index in [1.807, 2.05) is 0 Å². The molecule has 0 spiro atoms. The van der Waals surface area contributed by atoms with Gasteiger partial charge in [-0.15, -0.1) is 0 Å². The van der Waals surface area contributed by atoms with Crippen molar-refractivity contribution in [2.75, 3.05) is 14.2 Å². The summed E-state index contributed by atoms with van der Waals surface area (Å²) in [5, 5.41) is 8.83. The number of carbonyl (C=O) groups is 1. The van der Waals surface area contributed by atoms with Gasteiger partial charge in [-0.1, -0.05) is 0 Å². The van der Waals surface area contributed by atoms with Crippen LogP contribution in [0.4, 0.5) is 0 Å². The molecule has 0 saturated carbocycles. The maximum absolute atomic E-state index is 10.8. The fraction of sp³-hybridized carbons (Fsp3) is 0.333. The van der Waals surface area contributed by atoms with Gasteiger partial charge in [-0.25, -0.2) is 4.79 Å². The molecule has 0 bridgehead atoms. The van der Waals surface area contributed by atoms with Gasteiger partial charge in [-0.05, 0) is 6.92 Å². The standard InChI is InChI=1S/C9H11NO4/c1-5-7(13-2)8(14-3)6(4-10-5)9(11)12/h4H,1-3H3,(H,11,12). The maximum atomic E-state index is 10.8. The number of aromatic carboxylic acids is 1. The predicted octanol–water partition coefficient (Wildman–Crippen LogP) is 1.11. The van der Waals surface area contributed by atoms with Crippen molar-refractivity contribution in [3.63, 3.8) is 0 Å². The van der Waals surface area contributed by atoms with Gasteiger partial charge >= 0.3 is 5.97 Å². The molecule has 1 rings (SSSR count). The Morgan fingerprint density at radius 1 is 1.36 bits per heavy atom. The van der Waals surface area contributed by atoms with Crippen LogP contribution < -0.4 is 9.47 Å². The maximum Gasteiger partial charge on any atom is 0.341 e. The van der Waals surface area contributed by atoms with E-state index in [9.17, 15) is 4.79 Å². The summed E-state index contributed by atoms with van der Waals surface area (Å²) >= 11 is 0. The van der Waals surface area contributed by atoms with E-state index in [1.54, 1.807) is 6.92 Å². The van der Waals surface area contributed by atoms with E-state index in [4.69, 9.17) is 14.6 Å². The highest BCUT2D eigenvalue weighted by molar-refractivity contribution is 5.91. The Morgan fingerprint density at radius 2 is 1.93 bits per heavy atom. The Morgan fingerprint density at radius 3 is 2.36 bits per heavy atom. The van der Waals surface area contributed by atoms with Gasteiger partial charge < -0.3 is 14.6 Å². The van der Waals surface area contributed by atoms with Crippen LogP contribution in [-0.4, -0.2) is 30.3 Å². The zero-order valence-electron chi connectivity index (χ0n) is 8.20. The lowest BCUT2D eigenvalue weighted by molar-refractivity contribution is 0.0692. The summed E-state index contributed by atoms with van der Waals surface area (Å²) in [6.07, 6.45) is 1.25. The zero-order valence-corrected chi connectivity index (χ0v) is 8.20. The number of ether oxygens (including phenoxy) is 2. The molecule has 76 valence electrons. The van der Waals surface area contributed by atoms with Crippen molar-refractivity contribution in [3.8, 4) is 11.5 Å². The van der Waals surface area contributed by atoms with Crippen LogP contribution in [0.15, 0.2) is 6.20 Å². The van der Waals surface area contributed by atoms with E-state index in [2.05, 4.69) is 4.98 Å². The van der Waals surface area contributed by atoms with Crippen LogP contribution in [0.2, 0.25) is 0 Å². The number of aryl methyl sites for hydroxylation is 1. The molecule has 1 aromatic rings. The van der Waals surface area contributed by atoms with Gasteiger partial charge in [0.05, 0.1) is 19.9 Å². The summed E-state index contributed by atoms with van der Waals surface area (Å²) < 4.78 is 9.97. The van der Waals surface area contributed by atoms with Gasteiger partial charge in [-0.2, -0.15) is 0 Å². The molecule has 0 aromatic carbocycles. The van der Waals surface area contributed by atoms with Crippen LogP contribution in [0, 0.1) is 6.92 Å². The number of methoxy groups -OCH3 is 2. The van der Waals surface area contributed by atoms with Crippen molar-refractivity contribution in [2.24, 2.45) is 0 Å². The molecule has 14 heavy (non-hydrogen) atoms. The Balaban J connectivity index is 3.40. The average molecular weight is 197 g/mol. The number of nitrogens with zero attached hydrogens (tertiary/aromatic N) is 1. The number of aromatic nitrogens is 1.